The zero-order valence-electron chi connectivity index (χ0n) is 13.0. The van der Waals surface area contributed by atoms with Crippen LogP contribution in [0, 0.1) is 16.4 Å². The fourth-order valence-corrected chi connectivity index (χ4v) is 3.69. The molecule has 2 atom stereocenters. The molecule has 2 heterocycles. The third-order valence-corrected chi connectivity index (χ3v) is 5.25. The maximum absolute atomic E-state index is 14.5. The van der Waals surface area contributed by atoms with Crippen LogP contribution in [-0.4, -0.2) is 20.9 Å². The van der Waals surface area contributed by atoms with E-state index in [1.165, 1.54) is 18.5 Å². The van der Waals surface area contributed by atoms with E-state index in [2.05, 4.69) is 10.1 Å². The monoisotopic (exact) mass is 381 g/mol. The lowest BCUT2D eigenvalue weighted by Gasteiger charge is -2.17. The van der Waals surface area contributed by atoms with Crippen molar-refractivity contribution in [3.8, 4) is 0 Å². The van der Waals surface area contributed by atoms with E-state index in [1.807, 2.05) is 12.2 Å². The number of aromatic amines is 1. The highest BCUT2D eigenvalue weighted by atomic mass is 35.5. The van der Waals surface area contributed by atoms with Gasteiger partial charge in [0, 0.05) is 16.7 Å². The average molecular weight is 382 g/mol. The number of benzene rings is 1. The predicted molar refractivity (Wildman–Crippen MR) is 91.6 cm³/mol. The number of ether oxygens (including phenoxy) is 1. The lowest BCUT2D eigenvalue weighted by Crippen LogP contribution is -2.24. The summed E-state index contributed by atoms with van der Waals surface area (Å²) in [6, 6.07) is 3.48. The lowest BCUT2D eigenvalue weighted by molar-refractivity contribution is 0.257. The second-order valence-corrected chi connectivity index (χ2v) is 6.89. The SMILES string of the molecule is Fc1ccc(C2(Cn3[nH]cnc3=S)OC2C2=C(Cl)CCC=C2)c(F)c1. The second kappa shape index (κ2) is 6.16. The summed E-state index contributed by atoms with van der Waals surface area (Å²) in [5, 5.41) is 3.59. The van der Waals surface area contributed by atoms with Crippen LogP contribution in [0.5, 0.6) is 0 Å². The lowest BCUT2D eigenvalue weighted by atomic mass is 9.89. The van der Waals surface area contributed by atoms with Gasteiger partial charge in [-0.15, -0.1) is 0 Å². The number of hydrogen-bond acceptors (Lipinski definition) is 3. The van der Waals surface area contributed by atoms with Crippen LogP contribution < -0.4 is 0 Å². The molecule has 2 aliphatic rings. The van der Waals surface area contributed by atoms with Crippen molar-refractivity contribution in [2.75, 3.05) is 0 Å². The normalized spacial score (nSPS) is 25.5. The van der Waals surface area contributed by atoms with E-state index in [9.17, 15) is 8.78 Å². The smallest absolute Gasteiger partial charge is 0.215 e. The number of nitrogens with zero attached hydrogens (tertiary/aromatic N) is 2. The zero-order chi connectivity index (χ0) is 17.6. The molecule has 1 fully saturated rings. The van der Waals surface area contributed by atoms with Crippen molar-refractivity contribution in [3.63, 3.8) is 0 Å². The van der Waals surface area contributed by atoms with E-state index >= 15 is 0 Å². The standard InChI is InChI=1S/C17H14ClF2N3OS/c18-13-4-2-1-3-11(13)15-17(24-15,8-23-16(25)21-9-22-23)12-6-5-10(19)7-14(12)20/h1,3,5-7,9,15H,2,4,8H2,(H,21,22,25). The van der Waals surface area contributed by atoms with Gasteiger partial charge in [0.2, 0.25) is 4.77 Å². The number of nitrogens with one attached hydrogen (secondary N) is 1. The van der Waals surface area contributed by atoms with Gasteiger partial charge >= 0.3 is 0 Å². The molecule has 0 bridgehead atoms. The molecule has 130 valence electrons. The summed E-state index contributed by atoms with van der Waals surface area (Å²) in [4.78, 5) is 3.97. The summed E-state index contributed by atoms with van der Waals surface area (Å²) in [6.45, 7) is 0.223. The molecule has 1 aliphatic carbocycles. The number of aromatic nitrogens is 3. The minimum Gasteiger partial charge on any atom is -0.354 e. The number of halogens is 3. The van der Waals surface area contributed by atoms with Crippen LogP contribution in [0.2, 0.25) is 0 Å². The number of rotatable bonds is 4. The summed E-state index contributed by atoms with van der Waals surface area (Å²) in [5.41, 5.74) is 0.0775. The van der Waals surface area contributed by atoms with Crippen molar-refractivity contribution in [1.29, 1.82) is 0 Å². The van der Waals surface area contributed by atoms with Crippen molar-refractivity contribution in [2.24, 2.45) is 0 Å². The van der Waals surface area contributed by atoms with Crippen LogP contribution >= 0.6 is 23.8 Å². The van der Waals surface area contributed by atoms with Crippen molar-refractivity contribution < 1.29 is 13.5 Å². The Hall–Kier alpha value is -1.83. The zero-order valence-corrected chi connectivity index (χ0v) is 14.6. The molecule has 2 unspecified atom stereocenters. The molecule has 1 aromatic heterocycles. The van der Waals surface area contributed by atoms with E-state index < -0.39 is 23.3 Å². The highest BCUT2D eigenvalue weighted by molar-refractivity contribution is 7.71. The van der Waals surface area contributed by atoms with Crippen molar-refractivity contribution in [2.45, 2.75) is 31.1 Å². The molecule has 4 nitrogen and oxygen atoms in total. The van der Waals surface area contributed by atoms with E-state index in [-0.39, 0.29) is 12.1 Å². The molecule has 2 aromatic rings. The van der Waals surface area contributed by atoms with E-state index in [1.54, 1.807) is 4.68 Å². The molecule has 4 rings (SSSR count). The van der Waals surface area contributed by atoms with Gasteiger partial charge in [0.1, 0.15) is 29.7 Å². The van der Waals surface area contributed by atoms with Crippen LogP contribution in [0.4, 0.5) is 8.78 Å². The topological polar surface area (TPSA) is 46.1 Å². The Morgan fingerprint density at radius 1 is 1.44 bits per heavy atom. The first-order chi connectivity index (χ1) is 12.0. The Morgan fingerprint density at radius 3 is 2.96 bits per heavy atom. The Labute approximate surface area is 152 Å². The van der Waals surface area contributed by atoms with Crippen molar-refractivity contribution >= 4 is 23.8 Å². The van der Waals surface area contributed by atoms with Crippen LogP contribution in [0.25, 0.3) is 0 Å². The quantitative estimate of drug-likeness (QED) is 0.632. The van der Waals surface area contributed by atoms with Gasteiger partial charge in [-0.25, -0.2) is 13.8 Å². The molecule has 25 heavy (non-hydrogen) atoms. The highest BCUT2D eigenvalue weighted by Crippen LogP contribution is 2.53. The highest BCUT2D eigenvalue weighted by Gasteiger charge is 2.61. The van der Waals surface area contributed by atoms with Gasteiger partial charge in [-0.3, -0.25) is 9.78 Å². The molecular weight excluding hydrogens is 368 g/mol. The molecule has 0 amide bonds. The van der Waals surface area contributed by atoms with Gasteiger partial charge < -0.3 is 4.74 Å². The molecule has 0 radical (unpaired) electrons. The van der Waals surface area contributed by atoms with Gasteiger partial charge in [0.05, 0.1) is 6.54 Å². The summed E-state index contributed by atoms with van der Waals surface area (Å²) in [6.07, 6.45) is 6.53. The maximum atomic E-state index is 14.5. The Bertz CT molecular complexity index is 951. The first-order valence-electron chi connectivity index (χ1n) is 7.80. The number of allylic oxidation sites excluding steroid dienone is 2. The average Bonchev–Trinajstić information content (AvgIpc) is 3.14. The summed E-state index contributed by atoms with van der Waals surface area (Å²) < 4.78 is 35.8. The molecular formula is C17H14ClF2N3OS. The van der Waals surface area contributed by atoms with Gasteiger partial charge in [0.25, 0.3) is 0 Å². The third kappa shape index (κ3) is 2.86. The van der Waals surface area contributed by atoms with Crippen LogP contribution in [0.1, 0.15) is 18.4 Å². The fraction of sp³-hybridized carbons (Fsp3) is 0.294. The molecule has 8 heteroatoms. The fourth-order valence-electron chi connectivity index (χ4n) is 3.25. The van der Waals surface area contributed by atoms with Crippen molar-refractivity contribution in [1.82, 2.24) is 14.8 Å². The number of epoxide rings is 1. The summed E-state index contributed by atoms with van der Waals surface area (Å²) >= 11 is 11.5. The Morgan fingerprint density at radius 2 is 2.28 bits per heavy atom. The summed E-state index contributed by atoms with van der Waals surface area (Å²) in [5.74, 6) is -1.30. The Kier molecular flexibility index (Phi) is 4.10. The third-order valence-electron chi connectivity index (χ3n) is 4.52. The first kappa shape index (κ1) is 16.6. The Balaban J connectivity index is 1.79. The van der Waals surface area contributed by atoms with Gasteiger partial charge in [-0.05, 0) is 36.7 Å². The largest absolute Gasteiger partial charge is 0.354 e. The van der Waals surface area contributed by atoms with E-state index in [4.69, 9.17) is 28.6 Å². The van der Waals surface area contributed by atoms with Crippen LogP contribution in [-0.2, 0) is 16.9 Å². The van der Waals surface area contributed by atoms with Crippen LogP contribution in [0.15, 0.2) is 47.3 Å². The molecule has 0 saturated carbocycles. The first-order valence-corrected chi connectivity index (χ1v) is 8.58. The van der Waals surface area contributed by atoms with Crippen LogP contribution in [0.3, 0.4) is 0 Å². The number of H-pyrrole nitrogens is 1. The minimum absolute atomic E-state index is 0.223. The summed E-state index contributed by atoms with van der Waals surface area (Å²) in [7, 11) is 0. The van der Waals surface area contributed by atoms with E-state index in [0.29, 0.717) is 9.80 Å². The molecule has 1 N–H and O–H groups in total. The predicted octanol–water partition coefficient (Wildman–Crippen LogP) is 4.36. The van der Waals surface area contributed by atoms with Crippen molar-refractivity contribution in [3.05, 3.63) is 69.3 Å². The maximum Gasteiger partial charge on any atom is 0.215 e. The van der Waals surface area contributed by atoms with Gasteiger partial charge in [0.15, 0.2) is 0 Å². The van der Waals surface area contributed by atoms with E-state index in [0.717, 1.165) is 24.5 Å². The molecule has 0 spiro atoms. The molecule has 1 saturated heterocycles. The minimum atomic E-state index is -1.01. The number of hydrogen-bond donors (Lipinski definition) is 1. The van der Waals surface area contributed by atoms with Gasteiger partial charge in [-0.1, -0.05) is 29.8 Å². The van der Waals surface area contributed by atoms with Gasteiger partial charge in [-0.2, -0.15) is 0 Å². The molecule has 1 aliphatic heterocycles. The second-order valence-electron chi connectivity index (χ2n) is 6.07. The molecule has 1 aromatic carbocycles.